The molecule has 1 fully saturated rings. The number of phenols is 1. The van der Waals surface area contributed by atoms with E-state index in [1.54, 1.807) is 12.1 Å². The van der Waals surface area contributed by atoms with Crippen molar-refractivity contribution in [2.24, 2.45) is 0 Å². The number of carbonyl (C=O) groups excluding carboxylic acids is 1. The number of hydrogen-bond acceptors (Lipinski definition) is 4. The first-order valence-corrected chi connectivity index (χ1v) is 9.67. The van der Waals surface area contributed by atoms with Gasteiger partial charge in [0.2, 0.25) is 5.78 Å². The minimum atomic E-state index is -0.107. The lowest BCUT2D eigenvalue weighted by atomic mass is 9.99. The molecule has 0 unspecified atom stereocenters. The van der Waals surface area contributed by atoms with Gasteiger partial charge in [-0.1, -0.05) is 31.2 Å². The Labute approximate surface area is 160 Å². The van der Waals surface area contributed by atoms with Crippen LogP contribution in [-0.4, -0.2) is 28.9 Å². The summed E-state index contributed by atoms with van der Waals surface area (Å²) in [5.74, 6) is 0.954. The second-order valence-corrected chi connectivity index (χ2v) is 7.41. The molecule has 2 aromatic rings. The molecule has 2 aromatic carbocycles. The zero-order chi connectivity index (χ0) is 19.0. The standard InChI is InChI=1S/C23H25NO3/c1-3-16-6-8-17(9-7-16)13-20-22(26)21-15(2)12-19(25)18(23(21)27-20)14-24-10-4-5-11-24/h6-9,12-13,25H,3-5,10-11,14H2,1-2H3/b20-13-. The van der Waals surface area contributed by atoms with E-state index in [4.69, 9.17) is 4.74 Å². The van der Waals surface area contributed by atoms with Crippen molar-refractivity contribution in [3.05, 3.63) is 63.9 Å². The molecule has 1 N–H and O–H groups in total. The lowest BCUT2D eigenvalue weighted by Gasteiger charge is -2.18. The third-order valence-electron chi connectivity index (χ3n) is 5.49. The van der Waals surface area contributed by atoms with E-state index in [9.17, 15) is 9.90 Å². The summed E-state index contributed by atoms with van der Waals surface area (Å²) in [6.07, 6.45) is 5.12. The molecule has 1 saturated heterocycles. The molecule has 0 bridgehead atoms. The Hall–Kier alpha value is -2.59. The van der Waals surface area contributed by atoms with Crippen molar-refractivity contribution >= 4 is 11.9 Å². The predicted molar refractivity (Wildman–Crippen MR) is 106 cm³/mol. The van der Waals surface area contributed by atoms with Crippen LogP contribution in [0.25, 0.3) is 6.08 Å². The summed E-state index contributed by atoms with van der Waals surface area (Å²) in [6.45, 7) is 6.61. The Balaban J connectivity index is 1.69. The number of Topliss-reactive ketones (excluding diaryl/α,β-unsaturated/α-hetero) is 1. The number of ether oxygens (including phenoxy) is 1. The van der Waals surface area contributed by atoms with Gasteiger partial charge in [-0.05, 0) is 68.1 Å². The van der Waals surface area contributed by atoms with E-state index >= 15 is 0 Å². The molecule has 4 heteroatoms. The molecular weight excluding hydrogens is 338 g/mol. The van der Waals surface area contributed by atoms with Crippen molar-refractivity contribution in [1.82, 2.24) is 4.90 Å². The van der Waals surface area contributed by atoms with Gasteiger partial charge in [-0.25, -0.2) is 0 Å². The molecule has 4 rings (SSSR count). The number of fused-ring (bicyclic) bond motifs is 1. The highest BCUT2D eigenvalue weighted by atomic mass is 16.5. The Morgan fingerprint density at radius 1 is 1.19 bits per heavy atom. The minimum Gasteiger partial charge on any atom is -0.507 e. The van der Waals surface area contributed by atoms with Crippen LogP contribution >= 0.6 is 0 Å². The number of ketones is 1. The third kappa shape index (κ3) is 3.37. The summed E-state index contributed by atoms with van der Waals surface area (Å²) in [7, 11) is 0. The van der Waals surface area contributed by atoms with Crippen molar-refractivity contribution in [3.8, 4) is 11.5 Å². The molecule has 2 aliphatic heterocycles. The summed E-state index contributed by atoms with van der Waals surface area (Å²) >= 11 is 0. The lowest BCUT2D eigenvalue weighted by Crippen LogP contribution is -2.19. The second-order valence-electron chi connectivity index (χ2n) is 7.41. The summed E-state index contributed by atoms with van der Waals surface area (Å²) in [5, 5.41) is 10.5. The monoisotopic (exact) mass is 363 g/mol. The summed E-state index contributed by atoms with van der Waals surface area (Å²) in [5.41, 5.74) is 4.25. The average Bonchev–Trinajstić information content (AvgIpc) is 3.28. The fourth-order valence-corrected chi connectivity index (χ4v) is 3.90. The normalized spacial score (nSPS) is 18.1. The maximum atomic E-state index is 13.0. The first-order chi connectivity index (χ1) is 13.1. The van der Waals surface area contributed by atoms with Crippen molar-refractivity contribution in [2.75, 3.05) is 13.1 Å². The van der Waals surface area contributed by atoms with Crippen LogP contribution in [0.2, 0.25) is 0 Å². The van der Waals surface area contributed by atoms with Gasteiger partial charge in [-0.15, -0.1) is 0 Å². The number of hydrogen-bond donors (Lipinski definition) is 1. The predicted octanol–water partition coefficient (Wildman–Crippen LogP) is 4.48. The van der Waals surface area contributed by atoms with E-state index < -0.39 is 0 Å². The number of aromatic hydroxyl groups is 1. The zero-order valence-corrected chi connectivity index (χ0v) is 15.9. The number of allylic oxidation sites excluding steroid dienone is 1. The van der Waals surface area contributed by atoms with E-state index in [-0.39, 0.29) is 11.5 Å². The Morgan fingerprint density at radius 2 is 1.89 bits per heavy atom. The van der Waals surface area contributed by atoms with Crippen molar-refractivity contribution in [2.45, 2.75) is 39.7 Å². The molecule has 0 aliphatic carbocycles. The van der Waals surface area contributed by atoms with E-state index in [0.29, 0.717) is 23.6 Å². The molecule has 0 spiro atoms. The van der Waals surface area contributed by atoms with E-state index in [1.807, 2.05) is 19.1 Å². The molecule has 0 atom stereocenters. The lowest BCUT2D eigenvalue weighted by molar-refractivity contribution is 0.101. The van der Waals surface area contributed by atoms with Crippen molar-refractivity contribution in [3.63, 3.8) is 0 Å². The van der Waals surface area contributed by atoms with Crippen molar-refractivity contribution in [1.29, 1.82) is 0 Å². The summed E-state index contributed by atoms with van der Waals surface area (Å²) < 4.78 is 6.01. The summed E-state index contributed by atoms with van der Waals surface area (Å²) in [4.78, 5) is 15.3. The molecule has 0 saturated carbocycles. The van der Waals surface area contributed by atoms with Gasteiger partial charge in [0.05, 0.1) is 11.1 Å². The van der Waals surface area contributed by atoms with Gasteiger partial charge >= 0.3 is 0 Å². The Bertz CT molecular complexity index is 906. The number of rotatable bonds is 4. The Morgan fingerprint density at radius 3 is 2.56 bits per heavy atom. The first-order valence-electron chi connectivity index (χ1n) is 9.67. The first kappa shape index (κ1) is 17.8. The quantitative estimate of drug-likeness (QED) is 0.814. The van der Waals surface area contributed by atoms with Crippen LogP contribution in [0.4, 0.5) is 0 Å². The highest BCUT2D eigenvalue weighted by Crippen LogP contribution is 2.42. The highest BCUT2D eigenvalue weighted by Gasteiger charge is 2.33. The number of aryl methyl sites for hydroxylation is 2. The molecule has 0 aromatic heterocycles. The number of benzene rings is 2. The van der Waals surface area contributed by atoms with Crippen LogP contribution in [0.5, 0.6) is 11.5 Å². The van der Waals surface area contributed by atoms with Gasteiger partial charge in [0.15, 0.2) is 5.76 Å². The number of phenolic OH excluding ortho intramolecular Hbond substituents is 1. The zero-order valence-electron chi connectivity index (χ0n) is 15.9. The van der Waals surface area contributed by atoms with Gasteiger partial charge in [-0.3, -0.25) is 9.69 Å². The molecule has 140 valence electrons. The molecule has 2 heterocycles. The molecule has 27 heavy (non-hydrogen) atoms. The number of nitrogens with zero attached hydrogens (tertiary/aromatic N) is 1. The molecule has 0 amide bonds. The highest BCUT2D eigenvalue weighted by molar-refractivity contribution is 6.15. The molecule has 2 aliphatic rings. The second kappa shape index (κ2) is 7.20. The van der Waals surface area contributed by atoms with Crippen LogP contribution < -0.4 is 4.74 Å². The van der Waals surface area contributed by atoms with Gasteiger partial charge in [0.25, 0.3) is 0 Å². The van der Waals surface area contributed by atoms with Gasteiger partial charge in [-0.2, -0.15) is 0 Å². The van der Waals surface area contributed by atoms with Crippen LogP contribution in [0, 0.1) is 6.92 Å². The SMILES string of the molecule is CCc1ccc(/C=C2\Oc3c(CN4CCCC4)c(O)cc(C)c3C2=O)cc1. The van der Waals surface area contributed by atoms with Crippen LogP contribution in [0.1, 0.15) is 52.4 Å². The van der Waals surface area contributed by atoms with E-state index in [1.165, 1.54) is 18.4 Å². The Kier molecular flexibility index (Phi) is 4.75. The maximum Gasteiger partial charge on any atom is 0.232 e. The van der Waals surface area contributed by atoms with Crippen LogP contribution in [0.3, 0.4) is 0 Å². The average molecular weight is 363 g/mol. The topological polar surface area (TPSA) is 49.8 Å². The van der Waals surface area contributed by atoms with Gasteiger partial charge < -0.3 is 9.84 Å². The maximum absolute atomic E-state index is 13.0. The third-order valence-corrected chi connectivity index (χ3v) is 5.49. The molecule has 0 radical (unpaired) electrons. The fraction of sp³-hybridized carbons (Fsp3) is 0.348. The molecule has 4 nitrogen and oxygen atoms in total. The number of likely N-dealkylation sites (tertiary alicyclic amines) is 1. The minimum absolute atomic E-state index is 0.107. The van der Waals surface area contributed by atoms with E-state index in [0.717, 1.165) is 36.2 Å². The van der Waals surface area contributed by atoms with Crippen molar-refractivity contribution < 1.29 is 14.6 Å². The van der Waals surface area contributed by atoms with E-state index in [2.05, 4.69) is 24.0 Å². The molecular formula is C23H25NO3. The summed E-state index contributed by atoms with van der Waals surface area (Å²) in [6, 6.07) is 9.82. The van der Waals surface area contributed by atoms with Crippen LogP contribution in [-0.2, 0) is 13.0 Å². The van der Waals surface area contributed by atoms with Gasteiger partial charge in [0, 0.05) is 6.54 Å². The fourth-order valence-electron chi connectivity index (χ4n) is 3.90. The van der Waals surface area contributed by atoms with Gasteiger partial charge in [0.1, 0.15) is 11.5 Å². The largest absolute Gasteiger partial charge is 0.507 e. The van der Waals surface area contributed by atoms with Crippen LogP contribution in [0.15, 0.2) is 36.1 Å². The smallest absolute Gasteiger partial charge is 0.232 e. The number of carbonyl (C=O) groups is 1.